The van der Waals surface area contributed by atoms with Crippen LogP contribution in [0.25, 0.3) is 22.0 Å². The third kappa shape index (κ3) is 3.01. The van der Waals surface area contributed by atoms with Gasteiger partial charge in [-0.1, -0.05) is 54.6 Å². The van der Waals surface area contributed by atoms with Crippen LogP contribution < -0.4 is 5.73 Å². The van der Waals surface area contributed by atoms with Crippen molar-refractivity contribution >= 4 is 22.8 Å². The Labute approximate surface area is 168 Å². The smallest absolute Gasteiger partial charge is 0.273 e. The van der Waals surface area contributed by atoms with Gasteiger partial charge in [-0.2, -0.15) is 0 Å². The Morgan fingerprint density at radius 1 is 0.931 bits per heavy atom. The minimum atomic E-state index is -0.123. The van der Waals surface area contributed by atoms with Gasteiger partial charge in [-0.05, 0) is 46.9 Å². The number of benzene rings is 3. The Bertz CT molecular complexity index is 1240. The number of carbonyl (C=O) groups excluding carboxylic acids is 1. The topological polar surface area (TPSA) is 72.1 Å². The van der Waals surface area contributed by atoms with Gasteiger partial charge in [0.15, 0.2) is 0 Å². The molecule has 0 fully saturated rings. The molecule has 2 heterocycles. The van der Waals surface area contributed by atoms with E-state index >= 15 is 0 Å². The van der Waals surface area contributed by atoms with Gasteiger partial charge < -0.3 is 10.6 Å². The van der Waals surface area contributed by atoms with E-state index in [0.717, 1.165) is 16.5 Å². The zero-order chi connectivity index (χ0) is 20.0. The van der Waals surface area contributed by atoms with Crippen molar-refractivity contribution in [1.82, 2.24) is 14.9 Å². The molecule has 0 atom stereocenters. The van der Waals surface area contributed by atoms with Crippen molar-refractivity contribution in [2.45, 2.75) is 20.0 Å². The van der Waals surface area contributed by atoms with Gasteiger partial charge in [0.1, 0.15) is 5.69 Å². The van der Waals surface area contributed by atoms with Crippen molar-refractivity contribution < 1.29 is 4.79 Å². The molecule has 2 N–H and O–H groups in total. The fourth-order valence-corrected chi connectivity index (χ4v) is 4.00. The summed E-state index contributed by atoms with van der Waals surface area (Å²) in [4.78, 5) is 23.9. The summed E-state index contributed by atoms with van der Waals surface area (Å²) in [5.41, 5.74) is 12.6. The number of nitrogen functional groups attached to an aromatic ring is 1. The van der Waals surface area contributed by atoms with Crippen LogP contribution in [-0.4, -0.2) is 20.8 Å². The van der Waals surface area contributed by atoms with Gasteiger partial charge in [-0.15, -0.1) is 0 Å². The molecule has 0 radical (unpaired) electrons. The fourth-order valence-electron chi connectivity index (χ4n) is 4.00. The third-order valence-electron chi connectivity index (χ3n) is 5.50. The fraction of sp³-hybridized carbons (Fsp3) is 0.125. The number of rotatable bonds is 2. The van der Waals surface area contributed by atoms with Crippen LogP contribution in [0.5, 0.6) is 0 Å². The summed E-state index contributed by atoms with van der Waals surface area (Å²) < 4.78 is 0. The molecule has 0 spiro atoms. The SMILES string of the molecule is Cc1ccccc1-c1ccc2nc(N)nc(C(=O)N3Cc4ccccc4C3)c2c1. The average molecular weight is 380 g/mol. The first kappa shape index (κ1) is 17.4. The molecule has 3 aromatic carbocycles. The summed E-state index contributed by atoms with van der Waals surface area (Å²) in [6.45, 7) is 3.24. The lowest BCUT2D eigenvalue weighted by Crippen LogP contribution is -2.27. The maximum absolute atomic E-state index is 13.4. The highest BCUT2D eigenvalue weighted by atomic mass is 16.2. The largest absolute Gasteiger partial charge is 0.368 e. The second-order valence-electron chi connectivity index (χ2n) is 7.41. The highest BCUT2D eigenvalue weighted by Crippen LogP contribution is 2.30. The molecule has 0 unspecified atom stereocenters. The van der Waals surface area contributed by atoms with E-state index in [1.807, 2.05) is 47.4 Å². The minimum Gasteiger partial charge on any atom is -0.368 e. The van der Waals surface area contributed by atoms with Crippen LogP contribution >= 0.6 is 0 Å². The zero-order valence-electron chi connectivity index (χ0n) is 16.1. The summed E-state index contributed by atoms with van der Waals surface area (Å²) in [6.07, 6.45) is 0. The molecule has 5 nitrogen and oxygen atoms in total. The quantitative estimate of drug-likeness (QED) is 0.561. The highest BCUT2D eigenvalue weighted by molar-refractivity contribution is 6.05. The van der Waals surface area contributed by atoms with Crippen molar-refractivity contribution in [1.29, 1.82) is 0 Å². The standard InChI is InChI=1S/C24H20N4O/c1-15-6-2-5-9-19(15)16-10-11-21-20(12-16)22(27-24(25)26-21)23(29)28-13-17-7-3-4-8-18(17)14-28/h2-12H,13-14H2,1H3,(H2,25,26,27). The molecule has 142 valence electrons. The molecule has 1 aliphatic rings. The number of nitrogens with two attached hydrogens (primary N) is 1. The number of aryl methyl sites for hydroxylation is 1. The first-order valence-corrected chi connectivity index (χ1v) is 9.59. The second-order valence-corrected chi connectivity index (χ2v) is 7.41. The van der Waals surface area contributed by atoms with Crippen LogP contribution in [0.4, 0.5) is 5.95 Å². The molecule has 0 bridgehead atoms. The molecule has 29 heavy (non-hydrogen) atoms. The van der Waals surface area contributed by atoms with Gasteiger partial charge in [0.25, 0.3) is 5.91 Å². The molecular weight excluding hydrogens is 360 g/mol. The van der Waals surface area contributed by atoms with Gasteiger partial charge >= 0.3 is 0 Å². The van der Waals surface area contributed by atoms with Crippen molar-refractivity contribution in [2.24, 2.45) is 0 Å². The molecule has 0 saturated heterocycles. The second kappa shape index (κ2) is 6.71. The van der Waals surface area contributed by atoms with E-state index in [-0.39, 0.29) is 11.9 Å². The molecule has 0 aliphatic carbocycles. The van der Waals surface area contributed by atoms with Crippen LogP contribution in [0, 0.1) is 6.92 Å². The van der Waals surface area contributed by atoms with Gasteiger partial charge in [0.2, 0.25) is 5.95 Å². The van der Waals surface area contributed by atoms with Crippen molar-refractivity contribution in [3.63, 3.8) is 0 Å². The molecule has 4 aromatic rings. The number of aromatic nitrogens is 2. The molecule has 5 heteroatoms. The van der Waals surface area contributed by atoms with Crippen LogP contribution in [0.3, 0.4) is 0 Å². The molecular formula is C24H20N4O. The van der Waals surface area contributed by atoms with E-state index in [9.17, 15) is 4.79 Å². The van der Waals surface area contributed by atoms with Crippen LogP contribution in [0.1, 0.15) is 27.2 Å². The lowest BCUT2D eigenvalue weighted by atomic mass is 9.98. The Balaban J connectivity index is 1.61. The molecule has 0 saturated carbocycles. The van der Waals surface area contributed by atoms with Gasteiger partial charge in [0.05, 0.1) is 5.52 Å². The number of hydrogen-bond acceptors (Lipinski definition) is 4. The molecule has 1 aromatic heterocycles. The molecule has 1 aliphatic heterocycles. The summed E-state index contributed by atoms with van der Waals surface area (Å²) in [7, 11) is 0. The number of amides is 1. The first-order chi connectivity index (χ1) is 14.1. The van der Waals surface area contributed by atoms with Crippen molar-refractivity contribution in [2.75, 3.05) is 5.73 Å². The highest BCUT2D eigenvalue weighted by Gasteiger charge is 2.26. The Morgan fingerprint density at radius 3 is 2.34 bits per heavy atom. The van der Waals surface area contributed by atoms with Gasteiger partial charge in [0, 0.05) is 18.5 Å². The maximum atomic E-state index is 13.4. The van der Waals surface area contributed by atoms with Gasteiger partial charge in [-0.3, -0.25) is 4.79 Å². The molecule has 1 amide bonds. The summed E-state index contributed by atoms with van der Waals surface area (Å²) in [6, 6.07) is 22.2. The van der Waals surface area contributed by atoms with Crippen LogP contribution in [0.15, 0.2) is 66.7 Å². The normalized spacial score (nSPS) is 12.9. The van der Waals surface area contributed by atoms with Gasteiger partial charge in [-0.25, -0.2) is 9.97 Å². The first-order valence-electron chi connectivity index (χ1n) is 9.59. The lowest BCUT2D eigenvalue weighted by Gasteiger charge is -2.17. The van der Waals surface area contributed by atoms with E-state index in [1.54, 1.807) is 0 Å². The third-order valence-corrected chi connectivity index (χ3v) is 5.50. The van der Waals surface area contributed by atoms with E-state index in [4.69, 9.17) is 5.73 Å². The Morgan fingerprint density at radius 2 is 1.62 bits per heavy atom. The Hall–Kier alpha value is -3.73. The minimum absolute atomic E-state index is 0.112. The van der Waals surface area contributed by atoms with Crippen LogP contribution in [0.2, 0.25) is 0 Å². The predicted molar refractivity (Wildman–Crippen MR) is 114 cm³/mol. The number of nitrogens with zero attached hydrogens (tertiary/aromatic N) is 3. The zero-order valence-corrected chi connectivity index (χ0v) is 16.1. The summed E-state index contributed by atoms with van der Waals surface area (Å²) in [5, 5.41) is 0.723. The van der Waals surface area contributed by atoms with Crippen LogP contribution in [-0.2, 0) is 13.1 Å². The van der Waals surface area contributed by atoms with E-state index in [2.05, 4.69) is 41.2 Å². The number of hydrogen-bond donors (Lipinski definition) is 1. The van der Waals surface area contributed by atoms with E-state index < -0.39 is 0 Å². The number of fused-ring (bicyclic) bond motifs is 2. The van der Waals surface area contributed by atoms with E-state index in [1.165, 1.54) is 16.7 Å². The monoisotopic (exact) mass is 380 g/mol. The molecule has 5 rings (SSSR count). The maximum Gasteiger partial charge on any atom is 0.273 e. The number of anilines is 1. The van der Waals surface area contributed by atoms with Crippen molar-refractivity contribution in [3.05, 3.63) is 89.1 Å². The Kier molecular flexibility index (Phi) is 4.02. The average Bonchev–Trinajstić information content (AvgIpc) is 3.17. The summed E-state index contributed by atoms with van der Waals surface area (Å²) in [5.74, 6) is -0.0107. The van der Waals surface area contributed by atoms with E-state index in [0.29, 0.717) is 24.3 Å². The number of carbonyl (C=O) groups is 1. The lowest BCUT2D eigenvalue weighted by molar-refractivity contribution is 0.0747. The summed E-state index contributed by atoms with van der Waals surface area (Å²) >= 11 is 0. The van der Waals surface area contributed by atoms with Crippen molar-refractivity contribution in [3.8, 4) is 11.1 Å². The predicted octanol–water partition coefficient (Wildman–Crippen LogP) is 4.34.